The van der Waals surface area contributed by atoms with E-state index < -0.39 is 0 Å². The number of nitrogen functional groups attached to an aromatic ring is 1. The van der Waals surface area contributed by atoms with Gasteiger partial charge in [-0.2, -0.15) is 0 Å². The predicted molar refractivity (Wildman–Crippen MR) is 58.6 cm³/mol. The van der Waals surface area contributed by atoms with E-state index in [-0.39, 0.29) is 0 Å². The van der Waals surface area contributed by atoms with Gasteiger partial charge in [-0.3, -0.25) is 0 Å². The minimum atomic E-state index is 0.388. The third-order valence-electron chi connectivity index (χ3n) is 2.09. The lowest BCUT2D eigenvalue weighted by Crippen LogP contribution is -2.21. The zero-order valence-electron chi connectivity index (χ0n) is 7.81. The van der Waals surface area contributed by atoms with E-state index in [0.29, 0.717) is 11.2 Å². The second-order valence-electron chi connectivity index (χ2n) is 3.21. The molecule has 0 spiro atoms. The van der Waals surface area contributed by atoms with Crippen LogP contribution in [0, 0.1) is 0 Å². The first kappa shape index (κ1) is 10.2. The summed E-state index contributed by atoms with van der Waals surface area (Å²) in [6, 6.07) is 0. The smallest absolute Gasteiger partial charge is 0.203 e. The van der Waals surface area contributed by atoms with Crippen molar-refractivity contribution in [2.75, 3.05) is 18.1 Å². The van der Waals surface area contributed by atoms with Crippen molar-refractivity contribution in [2.45, 2.75) is 29.7 Å². The van der Waals surface area contributed by atoms with Gasteiger partial charge in [-0.25, -0.2) is 0 Å². The zero-order chi connectivity index (χ0) is 9.80. The van der Waals surface area contributed by atoms with Gasteiger partial charge in [0.05, 0.1) is 6.10 Å². The van der Waals surface area contributed by atoms with Crippen LogP contribution in [0.4, 0.5) is 5.13 Å². The fourth-order valence-corrected chi connectivity index (χ4v) is 3.11. The molecule has 14 heavy (non-hydrogen) atoms. The van der Waals surface area contributed by atoms with Gasteiger partial charge in [0.1, 0.15) is 0 Å². The number of nitrogens with zero attached hydrogens (tertiary/aromatic N) is 2. The van der Waals surface area contributed by atoms with Crippen molar-refractivity contribution in [2.24, 2.45) is 0 Å². The molecule has 0 radical (unpaired) electrons. The third kappa shape index (κ3) is 2.83. The van der Waals surface area contributed by atoms with E-state index in [9.17, 15) is 0 Å². The standard InChI is InChI=1S/C8H13N3OS2/c9-7-10-11-8(14-7)13-5-6-3-1-2-4-12-6/h6H,1-5H2,(H2,9,10)/t6-/m1/s1. The summed E-state index contributed by atoms with van der Waals surface area (Å²) < 4.78 is 6.55. The van der Waals surface area contributed by atoms with E-state index >= 15 is 0 Å². The number of anilines is 1. The molecule has 1 aromatic heterocycles. The summed E-state index contributed by atoms with van der Waals surface area (Å²) in [5, 5.41) is 8.26. The molecule has 1 aliphatic rings. The lowest BCUT2D eigenvalue weighted by Gasteiger charge is -2.21. The van der Waals surface area contributed by atoms with Crippen molar-refractivity contribution in [3.05, 3.63) is 0 Å². The van der Waals surface area contributed by atoms with Gasteiger partial charge in [-0.05, 0) is 19.3 Å². The highest BCUT2D eigenvalue weighted by molar-refractivity contribution is 8.01. The highest BCUT2D eigenvalue weighted by atomic mass is 32.2. The van der Waals surface area contributed by atoms with Crippen LogP contribution in [-0.4, -0.2) is 28.7 Å². The van der Waals surface area contributed by atoms with E-state index in [4.69, 9.17) is 10.5 Å². The summed E-state index contributed by atoms with van der Waals surface area (Å²) in [5.74, 6) is 0.967. The fraction of sp³-hybridized carbons (Fsp3) is 0.750. The quantitative estimate of drug-likeness (QED) is 0.803. The molecular weight excluding hydrogens is 218 g/mol. The first-order valence-corrected chi connectivity index (χ1v) is 6.48. The van der Waals surface area contributed by atoms with Crippen LogP contribution in [0.25, 0.3) is 0 Å². The van der Waals surface area contributed by atoms with E-state index in [1.165, 1.54) is 30.6 Å². The fourth-order valence-electron chi connectivity index (χ4n) is 1.38. The van der Waals surface area contributed by atoms with Crippen LogP contribution < -0.4 is 5.73 Å². The Bertz CT molecular complexity index is 286. The van der Waals surface area contributed by atoms with Crippen LogP contribution in [-0.2, 0) is 4.74 Å². The number of hydrogen-bond acceptors (Lipinski definition) is 6. The molecule has 1 saturated heterocycles. The topological polar surface area (TPSA) is 61.0 Å². The first-order chi connectivity index (χ1) is 6.84. The Morgan fingerprint density at radius 1 is 1.50 bits per heavy atom. The normalized spacial score (nSPS) is 22.4. The molecule has 1 aromatic rings. The van der Waals surface area contributed by atoms with Crippen LogP contribution in [0.3, 0.4) is 0 Å². The maximum atomic E-state index is 5.61. The van der Waals surface area contributed by atoms with Gasteiger partial charge in [0.25, 0.3) is 0 Å². The number of nitrogens with two attached hydrogens (primary N) is 1. The Labute approximate surface area is 91.2 Å². The van der Waals surface area contributed by atoms with Crippen molar-refractivity contribution in [1.82, 2.24) is 10.2 Å². The van der Waals surface area contributed by atoms with Gasteiger partial charge in [-0.15, -0.1) is 10.2 Å². The average molecular weight is 231 g/mol. The summed E-state index contributed by atoms with van der Waals surface area (Å²) in [4.78, 5) is 0. The van der Waals surface area contributed by atoms with Crippen LogP contribution in [0.2, 0.25) is 0 Å². The molecule has 1 fully saturated rings. The molecule has 2 heterocycles. The van der Waals surface area contributed by atoms with E-state index in [2.05, 4.69) is 10.2 Å². The van der Waals surface area contributed by atoms with Gasteiger partial charge >= 0.3 is 0 Å². The molecule has 1 atom stereocenters. The maximum absolute atomic E-state index is 5.61. The summed E-state index contributed by atoms with van der Waals surface area (Å²) in [5.41, 5.74) is 5.49. The Hall–Kier alpha value is -0.330. The highest BCUT2D eigenvalue weighted by Gasteiger charge is 2.14. The molecule has 0 aromatic carbocycles. The van der Waals surface area contributed by atoms with Crippen LogP contribution in [0.1, 0.15) is 19.3 Å². The average Bonchev–Trinajstić information content (AvgIpc) is 2.63. The summed E-state index contributed by atoms with van der Waals surface area (Å²) in [6.07, 6.45) is 4.04. The molecule has 0 bridgehead atoms. The monoisotopic (exact) mass is 231 g/mol. The minimum absolute atomic E-state index is 0.388. The van der Waals surface area contributed by atoms with Gasteiger partial charge in [0, 0.05) is 12.4 Å². The minimum Gasteiger partial charge on any atom is -0.377 e. The van der Waals surface area contributed by atoms with Crippen molar-refractivity contribution in [3.63, 3.8) is 0 Å². The molecule has 0 saturated carbocycles. The van der Waals surface area contributed by atoms with Crippen molar-refractivity contribution in [3.8, 4) is 0 Å². The van der Waals surface area contributed by atoms with Gasteiger partial charge in [0.15, 0.2) is 4.34 Å². The second kappa shape index (κ2) is 4.95. The number of rotatable bonds is 3. The number of aromatic nitrogens is 2. The van der Waals surface area contributed by atoms with E-state index in [1.807, 2.05) is 0 Å². The molecule has 2 rings (SSSR count). The van der Waals surface area contributed by atoms with Crippen molar-refractivity contribution < 1.29 is 4.74 Å². The third-order valence-corrected chi connectivity index (χ3v) is 4.11. The Morgan fingerprint density at radius 3 is 3.07 bits per heavy atom. The Morgan fingerprint density at radius 2 is 2.43 bits per heavy atom. The largest absolute Gasteiger partial charge is 0.377 e. The molecule has 0 unspecified atom stereocenters. The number of hydrogen-bond donors (Lipinski definition) is 1. The summed E-state index contributed by atoms with van der Waals surface area (Å²) in [6.45, 7) is 0.906. The molecule has 1 aliphatic heterocycles. The van der Waals surface area contributed by atoms with E-state index in [1.54, 1.807) is 11.8 Å². The van der Waals surface area contributed by atoms with Gasteiger partial charge in [-0.1, -0.05) is 23.1 Å². The lowest BCUT2D eigenvalue weighted by molar-refractivity contribution is 0.0315. The predicted octanol–water partition coefficient (Wildman–Crippen LogP) is 1.78. The van der Waals surface area contributed by atoms with Gasteiger partial charge in [0.2, 0.25) is 5.13 Å². The maximum Gasteiger partial charge on any atom is 0.203 e. The Kier molecular flexibility index (Phi) is 3.61. The second-order valence-corrected chi connectivity index (χ2v) is 5.48. The number of ether oxygens (including phenoxy) is 1. The van der Waals surface area contributed by atoms with E-state index in [0.717, 1.165) is 16.7 Å². The molecule has 78 valence electrons. The Balaban J connectivity index is 1.76. The van der Waals surface area contributed by atoms with Crippen LogP contribution in [0.5, 0.6) is 0 Å². The lowest BCUT2D eigenvalue weighted by atomic mass is 10.1. The SMILES string of the molecule is Nc1nnc(SC[C@H]2CCCCO2)s1. The zero-order valence-corrected chi connectivity index (χ0v) is 9.44. The molecule has 4 nitrogen and oxygen atoms in total. The van der Waals surface area contributed by atoms with Crippen LogP contribution >= 0.6 is 23.1 Å². The molecule has 6 heteroatoms. The molecule has 0 aliphatic carbocycles. The summed E-state index contributed by atoms with van der Waals surface area (Å²) in [7, 11) is 0. The van der Waals surface area contributed by atoms with Crippen molar-refractivity contribution in [1.29, 1.82) is 0 Å². The van der Waals surface area contributed by atoms with Crippen LogP contribution in [0.15, 0.2) is 4.34 Å². The first-order valence-electron chi connectivity index (χ1n) is 4.68. The summed E-state index contributed by atoms with van der Waals surface area (Å²) >= 11 is 3.13. The van der Waals surface area contributed by atoms with Crippen molar-refractivity contribution >= 4 is 28.2 Å². The molecular formula is C8H13N3OS2. The number of thioether (sulfide) groups is 1. The molecule has 2 N–H and O–H groups in total. The van der Waals surface area contributed by atoms with Gasteiger partial charge < -0.3 is 10.5 Å². The highest BCUT2D eigenvalue weighted by Crippen LogP contribution is 2.26. The molecule has 0 amide bonds.